The Bertz CT molecular complexity index is 390. The van der Waals surface area contributed by atoms with Gasteiger partial charge in [-0.05, 0) is 44.2 Å². The van der Waals surface area contributed by atoms with Crippen molar-refractivity contribution >= 4 is 5.69 Å². The second-order valence-corrected chi connectivity index (χ2v) is 5.15. The Morgan fingerprint density at radius 1 is 1.25 bits per heavy atom. The molecule has 1 aromatic rings. The van der Waals surface area contributed by atoms with E-state index in [2.05, 4.69) is 36.1 Å². The summed E-state index contributed by atoms with van der Waals surface area (Å²) in [4.78, 5) is 2.45. The van der Waals surface area contributed by atoms with Gasteiger partial charge in [-0.2, -0.15) is 0 Å². The topological polar surface area (TPSA) is 23.5 Å². The first kappa shape index (κ1) is 10.2. The van der Waals surface area contributed by atoms with Crippen LogP contribution in [0.3, 0.4) is 0 Å². The van der Waals surface area contributed by atoms with Gasteiger partial charge in [0.1, 0.15) is 0 Å². The highest BCUT2D eigenvalue weighted by molar-refractivity contribution is 5.60. The first-order valence-corrected chi connectivity index (χ1v) is 6.31. The minimum Gasteiger partial charge on any atom is -0.391 e. The molecule has 1 aromatic carbocycles. The molecule has 0 amide bonds. The number of fused-ring (bicyclic) bond motifs is 1. The summed E-state index contributed by atoms with van der Waals surface area (Å²) in [5.41, 5.74) is 2.79. The molecule has 0 radical (unpaired) electrons. The summed E-state index contributed by atoms with van der Waals surface area (Å²) in [6.45, 7) is 2.27. The van der Waals surface area contributed by atoms with Crippen molar-refractivity contribution in [2.24, 2.45) is 0 Å². The fourth-order valence-electron chi connectivity index (χ4n) is 3.34. The molecule has 2 aliphatic rings. The first-order chi connectivity index (χ1) is 7.77. The van der Waals surface area contributed by atoms with E-state index in [1.165, 1.54) is 11.3 Å². The van der Waals surface area contributed by atoms with Crippen LogP contribution in [0.25, 0.3) is 0 Å². The number of hydrogen-bond acceptors (Lipinski definition) is 2. The largest absolute Gasteiger partial charge is 0.391 e. The molecule has 1 aliphatic carbocycles. The van der Waals surface area contributed by atoms with Crippen LogP contribution in [0.5, 0.6) is 0 Å². The van der Waals surface area contributed by atoms with Crippen molar-refractivity contribution in [3.05, 3.63) is 29.8 Å². The molecule has 0 aromatic heterocycles. The highest BCUT2D eigenvalue weighted by Crippen LogP contribution is 2.38. The molecule has 0 bridgehead atoms. The summed E-state index contributed by atoms with van der Waals surface area (Å²) < 4.78 is 0. The van der Waals surface area contributed by atoms with Gasteiger partial charge < -0.3 is 10.0 Å². The third-order valence-corrected chi connectivity index (χ3v) is 4.06. The summed E-state index contributed by atoms with van der Waals surface area (Å²) in [6, 6.07) is 9.51. The smallest absolute Gasteiger partial charge is 0.0743 e. The van der Waals surface area contributed by atoms with Crippen molar-refractivity contribution < 1.29 is 5.11 Å². The van der Waals surface area contributed by atoms with Crippen molar-refractivity contribution in [2.45, 2.75) is 50.8 Å². The Hall–Kier alpha value is -1.02. The summed E-state index contributed by atoms with van der Waals surface area (Å²) in [5.74, 6) is 0. The molecule has 86 valence electrons. The highest BCUT2D eigenvalue weighted by atomic mass is 16.3. The minimum atomic E-state index is -0.131. The van der Waals surface area contributed by atoms with Gasteiger partial charge in [0.15, 0.2) is 0 Å². The Kier molecular flexibility index (Phi) is 2.40. The van der Waals surface area contributed by atoms with E-state index in [1.807, 2.05) is 0 Å². The van der Waals surface area contributed by atoms with Gasteiger partial charge in [0.25, 0.3) is 0 Å². The lowest BCUT2D eigenvalue weighted by Crippen LogP contribution is -2.43. The Morgan fingerprint density at radius 2 is 2.06 bits per heavy atom. The maximum atomic E-state index is 10.1. The van der Waals surface area contributed by atoms with Gasteiger partial charge in [0.05, 0.1) is 12.1 Å². The van der Waals surface area contributed by atoms with Gasteiger partial charge in [0.2, 0.25) is 0 Å². The predicted molar refractivity (Wildman–Crippen MR) is 65.7 cm³/mol. The zero-order valence-corrected chi connectivity index (χ0v) is 9.76. The summed E-state index contributed by atoms with van der Waals surface area (Å²) >= 11 is 0. The molecular weight excluding hydrogens is 198 g/mol. The van der Waals surface area contributed by atoms with Crippen LogP contribution in [0.4, 0.5) is 5.69 Å². The number of anilines is 1. The van der Waals surface area contributed by atoms with Crippen molar-refractivity contribution in [1.29, 1.82) is 0 Å². The standard InChI is InChI=1S/C14H19NO/c1-10-9-11-5-2-3-6-12(11)15(10)13-7-4-8-14(13)16/h2-3,5-6,10,13-14,16H,4,7-9H2,1H3/t10?,13-,14-/m0/s1. The van der Waals surface area contributed by atoms with Gasteiger partial charge in [-0.15, -0.1) is 0 Å². The van der Waals surface area contributed by atoms with Crippen molar-refractivity contribution in [2.75, 3.05) is 4.90 Å². The molecule has 1 fully saturated rings. The van der Waals surface area contributed by atoms with E-state index < -0.39 is 0 Å². The summed E-state index contributed by atoms with van der Waals surface area (Å²) in [5, 5.41) is 10.1. The van der Waals surface area contributed by atoms with Crippen LogP contribution in [0.15, 0.2) is 24.3 Å². The van der Waals surface area contributed by atoms with E-state index in [9.17, 15) is 5.11 Å². The van der Waals surface area contributed by atoms with Gasteiger partial charge in [0, 0.05) is 11.7 Å². The Labute approximate surface area is 96.9 Å². The summed E-state index contributed by atoms with van der Waals surface area (Å²) in [7, 11) is 0. The predicted octanol–water partition coefficient (Wildman–Crippen LogP) is 2.35. The lowest BCUT2D eigenvalue weighted by atomic mass is 10.1. The van der Waals surface area contributed by atoms with Gasteiger partial charge in [-0.3, -0.25) is 0 Å². The van der Waals surface area contributed by atoms with Crippen LogP contribution in [0.1, 0.15) is 31.7 Å². The Balaban J connectivity index is 1.95. The van der Waals surface area contributed by atoms with Gasteiger partial charge >= 0.3 is 0 Å². The number of rotatable bonds is 1. The molecule has 16 heavy (non-hydrogen) atoms. The fraction of sp³-hybridized carbons (Fsp3) is 0.571. The van der Waals surface area contributed by atoms with Crippen LogP contribution < -0.4 is 4.90 Å². The molecule has 2 nitrogen and oxygen atoms in total. The van der Waals surface area contributed by atoms with E-state index in [4.69, 9.17) is 0 Å². The average Bonchev–Trinajstić information content (AvgIpc) is 2.81. The number of para-hydroxylation sites is 1. The molecule has 3 rings (SSSR count). The lowest BCUT2D eigenvalue weighted by molar-refractivity contribution is 0.158. The highest BCUT2D eigenvalue weighted by Gasteiger charge is 2.37. The molecule has 1 unspecified atom stereocenters. The van der Waals surface area contributed by atoms with Crippen LogP contribution >= 0.6 is 0 Å². The SMILES string of the molecule is CC1Cc2ccccc2N1[C@H]1CCC[C@@H]1O. The molecule has 1 aliphatic heterocycles. The number of nitrogens with zero attached hydrogens (tertiary/aromatic N) is 1. The Morgan fingerprint density at radius 3 is 2.81 bits per heavy atom. The second-order valence-electron chi connectivity index (χ2n) is 5.15. The van der Waals surface area contributed by atoms with E-state index >= 15 is 0 Å². The molecule has 0 saturated heterocycles. The second kappa shape index (κ2) is 3.77. The molecule has 1 saturated carbocycles. The monoisotopic (exact) mass is 217 g/mol. The van der Waals surface area contributed by atoms with Crippen molar-refractivity contribution in [3.63, 3.8) is 0 Å². The third-order valence-electron chi connectivity index (χ3n) is 4.06. The average molecular weight is 217 g/mol. The molecule has 3 atom stereocenters. The maximum Gasteiger partial charge on any atom is 0.0743 e. The minimum absolute atomic E-state index is 0.131. The third kappa shape index (κ3) is 1.44. The van der Waals surface area contributed by atoms with Crippen LogP contribution in [0, 0.1) is 0 Å². The van der Waals surface area contributed by atoms with Gasteiger partial charge in [-0.25, -0.2) is 0 Å². The van der Waals surface area contributed by atoms with Crippen LogP contribution in [-0.2, 0) is 6.42 Å². The molecular formula is C14H19NO. The van der Waals surface area contributed by atoms with E-state index in [1.54, 1.807) is 0 Å². The van der Waals surface area contributed by atoms with E-state index in [-0.39, 0.29) is 6.10 Å². The van der Waals surface area contributed by atoms with Crippen molar-refractivity contribution in [1.82, 2.24) is 0 Å². The number of benzene rings is 1. The van der Waals surface area contributed by atoms with E-state index in [0.29, 0.717) is 12.1 Å². The number of aliphatic hydroxyl groups is 1. The lowest BCUT2D eigenvalue weighted by Gasteiger charge is -2.33. The number of aliphatic hydroxyl groups excluding tert-OH is 1. The normalized spacial score (nSPS) is 33.1. The molecule has 1 heterocycles. The molecule has 1 N–H and O–H groups in total. The number of hydrogen-bond donors (Lipinski definition) is 1. The van der Waals surface area contributed by atoms with Crippen molar-refractivity contribution in [3.8, 4) is 0 Å². The van der Waals surface area contributed by atoms with Crippen LogP contribution in [0.2, 0.25) is 0 Å². The quantitative estimate of drug-likeness (QED) is 0.780. The first-order valence-electron chi connectivity index (χ1n) is 6.31. The fourth-order valence-corrected chi connectivity index (χ4v) is 3.34. The summed E-state index contributed by atoms with van der Waals surface area (Å²) in [6.07, 6.45) is 4.26. The van der Waals surface area contributed by atoms with E-state index in [0.717, 1.165) is 25.7 Å². The van der Waals surface area contributed by atoms with Crippen LogP contribution in [-0.4, -0.2) is 23.3 Å². The maximum absolute atomic E-state index is 10.1. The zero-order chi connectivity index (χ0) is 11.1. The molecule has 0 spiro atoms. The molecule has 2 heteroatoms. The van der Waals surface area contributed by atoms with Gasteiger partial charge in [-0.1, -0.05) is 18.2 Å². The zero-order valence-electron chi connectivity index (χ0n) is 9.76.